The van der Waals surface area contributed by atoms with Gasteiger partial charge in [-0.3, -0.25) is 0 Å². The molecular formula is C7H11ClN2O. The van der Waals surface area contributed by atoms with Crippen LogP contribution in [0.25, 0.3) is 0 Å². The van der Waals surface area contributed by atoms with E-state index in [1.54, 1.807) is 6.92 Å². The molecule has 0 radical (unpaired) electrons. The Morgan fingerprint density at radius 1 is 1.36 bits per heavy atom. The number of rotatable bonds is 2. The van der Waals surface area contributed by atoms with Crippen LogP contribution in [-0.2, 0) is 0 Å². The standard InChI is InChI=1S/C7H11ClN2O/c1-4(2)6-9-7(5(3)8)11-10-6/h4-5H,1-3H3/t5-/m1/s1. The second-order valence-corrected chi connectivity index (χ2v) is 3.42. The fraction of sp³-hybridized carbons (Fsp3) is 0.714. The molecule has 1 heterocycles. The molecule has 0 saturated heterocycles. The van der Waals surface area contributed by atoms with Crippen molar-refractivity contribution in [2.75, 3.05) is 0 Å². The molecule has 0 N–H and O–H groups in total. The summed E-state index contributed by atoms with van der Waals surface area (Å²) in [6, 6.07) is 0. The van der Waals surface area contributed by atoms with Gasteiger partial charge < -0.3 is 4.52 Å². The van der Waals surface area contributed by atoms with Crippen LogP contribution in [0.5, 0.6) is 0 Å². The summed E-state index contributed by atoms with van der Waals surface area (Å²) in [5.41, 5.74) is 0. The Morgan fingerprint density at radius 2 is 2.00 bits per heavy atom. The van der Waals surface area contributed by atoms with Crippen molar-refractivity contribution < 1.29 is 4.52 Å². The lowest BCUT2D eigenvalue weighted by atomic mass is 10.2. The van der Waals surface area contributed by atoms with Gasteiger partial charge in [-0.2, -0.15) is 4.98 Å². The van der Waals surface area contributed by atoms with E-state index in [1.165, 1.54) is 0 Å². The third-order valence-corrected chi connectivity index (χ3v) is 1.50. The molecule has 0 unspecified atom stereocenters. The summed E-state index contributed by atoms with van der Waals surface area (Å²) in [7, 11) is 0. The summed E-state index contributed by atoms with van der Waals surface area (Å²) in [5.74, 6) is 1.51. The molecule has 11 heavy (non-hydrogen) atoms. The van der Waals surface area contributed by atoms with Crippen molar-refractivity contribution in [3.05, 3.63) is 11.7 Å². The maximum absolute atomic E-state index is 5.72. The fourth-order valence-corrected chi connectivity index (χ4v) is 0.732. The van der Waals surface area contributed by atoms with Gasteiger partial charge in [-0.15, -0.1) is 11.6 Å². The largest absolute Gasteiger partial charge is 0.338 e. The van der Waals surface area contributed by atoms with Crippen LogP contribution in [0.15, 0.2) is 4.52 Å². The number of hydrogen-bond acceptors (Lipinski definition) is 3. The summed E-state index contributed by atoms with van der Waals surface area (Å²) >= 11 is 5.72. The van der Waals surface area contributed by atoms with E-state index in [2.05, 4.69) is 10.1 Å². The van der Waals surface area contributed by atoms with E-state index < -0.39 is 0 Å². The minimum absolute atomic E-state index is 0.199. The molecule has 0 fully saturated rings. The van der Waals surface area contributed by atoms with Crippen molar-refractivity contribution in [1.82, 2.24) is 10.1 Å². The van der Waals surface area contributed by atoms with Crippen molar-refractivity contribution in [2.45, 2.75) is 32.1 Å². The van der Waals surface area contributed by atoms with E-state index in [0.717, 1.165) is 0 Å². The van der Waals surface area contributed by atoms with Gasteiger partial charge in [0.15, 0.2) is 5.82 Å². The van der Waals surface area contributed by atoms with Gasteiger partial charge in [0.05, 0.1) is 0 Å². The zero-order valence-electron chi connectivity index (χ0n) is 6.84. The molecule has 1 aromatic heterocycles. The molecular weight excluding hydrogens is 164 g/mol. The second kappa shape index (κ2) is 3.22. The van der Waals surface area contributed by atoms with Crippen LogP contribution in [0.4, 0.5) is 0 Å². The van der Waals surface area contributed by atoms with Crippen LogP contribution < -0.4 is 0 Å². The molecule has 0 aliphatic heterocycles. The zero-order valence-corrected chi connectivity index (χ0v) is 7.59. The normalized spacial score (nSPS) is 13.9. The number of nitrogens with zero attached hydrogens (tertiary/aromatic N) is 2. The maximum Gasteiger partial charge on any atom is 0.244 e. The van der Waals surface area contributed by atoms with Crippen LogP contribution in [0.3, 0.4) is 0 Å². The molecule has 1 rings (SSSR count). The predicted molar refractivity (Wildman–Crippen MR) is 42.7 cm³/mol. The Bertz CT molecular complexity index is 210. The maximum atomic E-state index is 5.72. The Kier molecular flexibility index (Phi) is 2.49. The summed E-state index contributed by atoms with van der Waals surface area (Å²) in [5, 5.41) is 3.57. The fourth-order valence-electron chi connectivity index (χ4n) is 0.643. The third-order valence-electron chi connectivity index (χ3n) is 1.31. The first-order valence-corrected chi connectivity index (χ1v) is 4.02. The van der Waals surface area contributed by atoms with Crippen LogP contribution in [-0.4, -0.2) is 10.1 Å². The summed E-state index contributed by atoms with van der Waals surface area (Å²) in [4.78, 5) is 4.10. The van der Waals surface area contributed by atoms with Gasteiger partial charge in [-0.25, -0.2) is 0 Å². The van der Waals surface area contributed by atoms with Gasteiger partial charge in [0.2, 0.25) is 5.89 Å². The molecule has 0 aromatic carbocycles. The topological polar surface area (TPSA) is 38.9 Å². The highest BCUT2D eigenvalue weighted by Crippen LogP contribution is 2.19. The Hall–Kier alpha value is -0.570. The lowest BCUT2D eigenvalue weighted by molar-refractivity contribution is 0.372. The van der Waals surface area contributed by atoms with Crippen molar-refractivity contribution in [3.8, 4) is 0 Å². The summed E-state index contributed by atoms with van der Waals surface area (Å²) in [6.45, 7) is 5.82. The van der Waals surface area contributed by atoms with Gasteiger partial charge in [0.1, 0.15) is 5.38 Å². The first-order valence-electron chi connectivity index (χ1n) is 3.59. The highest BCUT2D eigenvalue weighted by atomic mass is 35.5. The van der Waals surface area contributed by atoms with E-state index in [-0.39, 0.29) is 5.38 Å². The van der Waals surface area contributed by atoms with Crippen molar-refractivity contribution in [3.63, 3.8) is 0 Å². The monoisotopic (exact) mass is 174 g/mol. The quantitative estimate of drug-likeness (QED) is 0.647. The van der Waals surface area contributed by atoms with E-state index in [4.69, 9.17) is 16.1 Å². The average molecular weight is 175 g/mol. The molecule has 0 bridgehead atoms. The third kappa shape index (κ3) is 1.93. The van der Waals surface area contributed by atoms with Crippen LogP contribution in [0.2, 0.25) is 0 Å². The molecule has 0 aliphatic carbocycles. The average Bonchev–Trinajstić information content (AvgIpc) is 2.33. The minimum atomic E-state index is -0.199. The lowest BCUT2D eigenvalue weighted by Gasteiger charge is -1.93. The first-order chi connectivity index (χ1) is 5.11. The molecule has 4 heteroatoms. The molecule has 0 saturated carbocycles. The van der Waals surface area contributed by atoms with Crippen LogP contribution >= 0.6 is 11.6 Å². The molecule has 62 valence electrons. The minimum Gasteiger partial charge on any atom is -0.338 e. The highest BCUT2D eigenvalue weighted by molar-refractivity contribution is 6.20. The van der Waals surface area contributed by atoms with Crippen molar-refractivity contribution in [1.29, 1.82) is 0 Å². The second-order valence-electron chi connectivity index (χ2n) is 2.76. The predicted octanol–water partition coefficient (Wildman–Crippen LogP) is 2.49. The Balaban J connectivity index is 2.82. The highest BCUT2D eigenvalue weighted by Gasteiger charge is 2.12. The smallest absolute Gasteiger partial charge is 0.244 e. The van der Waals surface area contributed by atoms with Crippen molar-refractivity contribution >= 4 is 11.6 Å². The molecule has 0 spiro atoms. The summed E-state index contributed by atoms with van der Waals surface area (Å²) in [6.07, 6.45) is 0. The lowest BCUT2D eigenvalue weighted by Crippen LogP contribution is -1.90. The zero-order chi connectivity index (χ0) is 8.43. The number of halogens is 1. The van der Waals surface area contributed by atoms with Gasteiger partial charge >= 0.3 is 0 Å². The van der Waals surface area contributed by atoms with E-state index in [9.17, 15) is 0 Å². The van der Waals surface area contributed by atoms with Gasteiger partial charge in [-0.1, -0.05) is 19.0 Å². The molecule has 0 amide bonds. The van der Waals surface area contributed by atoms with E-state index in [0.29, 0.717) is 17.6 Å². The molecule has 1 aromatic rings. The number of alkyl halides is 1. The molecule has 0 aliphatic rings. The molecule has 1 atom stereocenters. The Labute approximate surface area is 70.7 Å². The number of hydrogen-bond donors (Lipinski definition) is 0. The van der Waals surface area contributed by atoms with Crippen molar-refractivity contribution in [2.24, 2.45) is 0 Å². The van der Waals surface area contributed by atoms with Gasteiger partial charge in [0.25, 0.3) is 0 Å². The van der Waals surface area contributed by atoms with Gasteiger partial charge in [-0.05, 0) is 6.92 Å². The van der Waals surface area contributed by atoms with E-state index in [1.807, 2.05) is 13.8 Å². The van der Waals surface area contributed by atoms with E-state index >= 15 is 0 Å². The van der Waals surface area contributed by atoms with Crippen LogP contribution in [0.1, 0.15) is 43.8 Å². The van der Waals surface area contributed by atoms with Gasteiger partial charge in [0, 0.05) is 5.92 Å². The number of aromatic nitrogens is 2. The molecule has 3 nitrogen and oxygen atoms in total. The SMILES string of the molecule is CC(C)c1noc([C@@H](C)Cl)n1. The first kappa shape index (κ1) is 8.53. The summed E-state index contributed by atoms with van der Waals surface area (Å²) < 4.78 is 4.89. The Morgan fingerprint density at radius 3 is 2.27 bits per heavy atom. The van der Waals surface area contributed by atoms with Crippen LogP contribution in [0, 0.1) is 0 Å².